The van der Waals surface area contributed by atoms with E-state index in [9.17, 15) is 0 Å². The molecule has 0 atom stereocenters. The first-order valence-corrected chi connectivity index (χ1v) is 5.56. The molecule has 0 bridgehead atoms. The van der Waals surface area contributed by atoms with Crippen molar-refractivity contribution < 1.29 is 9.13 Å². The van der Waals surface area contributed by atoms with Gasteiger partial charge in [-0.25, -0.2) is 0 Å². The van der Waals surface area contributed by atoms with Crippen molar-refractivity contribution in [3.8, 4) is 23.3 Å². The van der Waals surface area contributed by atoms with Crippen LogP contribution in [0.4, 0.5) is 0 Å². The molecule has 0 radical (unpaired) electrons. The number of pyridine rings is 2. The smallest absolute Gasteiger partial charge is 0.191 e. The lowest BCUT2D eigenvalue weighted by Crippen LogP contribution is -2.32. The quantitative estimate of drug-likeness (QED) is 0.746. The molecule has 2 aromatic rings. The van der Waals surface area contributed by atoms with Crippen molar-refractivity contribution in [2.24, 2.45) is 0 Å². The zero-order valence-electron chi connectivity index (χ0n) is 9.82. The van der Waals surface area contributed by atoms with Gasteiger partial charge < -0.3 is 0 Å². The highest BCUT2D eigenvalue weighted by Crippen LogP contribution is 2.15. The average molecular weight is 236 g/mol. The molecule has 0 unspecified atom stereocenters. The van der Waals surface area contributed by atoms with Crippen LogP contribution in [0.15, 0.2) is 49.1 Å². The summed E-state index contributed by atoms with van der Waals surface area (Å²) < 4.78 is 3.64. The van der Waals surface area contributed by atoms with Gasteiger partial charge in [-0.3, -0.25) is 0 Å². The van der Waals surface area contributed by atoms with E-state index in [4.69, 9.17) is 10.5 Å². The Bertz CT molecular complexity index is 543. The minimum absolute atomic E-state index is 0.358. The van der Waals surface area contributed by atoms with Crippen molar-refractivity contribution in [3.05, 3.63) is 49.1 Å². The van der Waals surface area contributed by atoms with Gasteiger partial charge in [-0.15, -0.1) is 0 Å². The second-order valence-electron chi connectivity index (χ2n) is 3.83. The summed E-state index contributed by atoms with van der Waals surface area (Å²) >= 11 is 0. The van der Waals surface area contributed by atoms with Crippen LogP contribution in [0.2, 0.25) is 0 Å². The topological polar surface area (TPSA) is 55.3 Å². The fourth-order valence-corrected chi connectivity index (χ4v) is 1.67. The molecular formula is C14H12N4+2. The summed E-state index contributed by atoms with van der Waals surface area (Å²) in [4.78, 5) is 0. The van der Waals surface area contributed by atoms with E-state index in [1.807, 2.05) is 58.2 Å². The van der Waals surface area contributed by atoms with Crippen LogP contribution in [0, 0.1) is 22.7 Å². The Morgan fingerprint density at radius 2 is 1.06 bits per heavy atom. The van der Waals surface area contributed by atoms with Gasteiger partial charge >= 0.3 is 0 Å². The van der Waals surface area contributed by atoms with Crippen LogP contribution in [-0.4, -0.2) is 0 Å². The minimum Gasteiger partial charge on any atom is -0.191 e. The molecular weight excluding hydrogens is 224 g/mol. The molecule has 0 saturated heterocycles. The number of nitrogens with zero attached hydrogens (tertiary/aromatic N) is 4. The van der Waals surface area contributed by atoms with Gasteiger partial charge in [-0.1, -0.05) is 0 Å². The predicted molar refractivity (Wildman–Crippen MR) is 63.5 cm³/mol. The van der Waals surface area contributed by atoms with E-state index < -0.39 is 0 Å². The molecule has 2 heterocycles. The van der Waals surface area contributed by atoms with Crippen LogP contribution in [-0.2, 0) is 13.1 Å². The molecule has 0 aliphatic rings. The van der Waals surface area contributed by atoms with E-state index in [-0.39, 0.29) is 0 Å². The standard InChI is InChI=1S/C14H12N4/c15-5-11-17-7-1-13(2-8-17)14-3-9-18(10-4-14)12-6-16/h1-4,7-10H,11-12H2/q+2. The number of nitriles is 2. The maximum Gasteiger partial charge on any atom is 0.233 e. The molecule has 0 aliphatic heterocycles. The van der Waals surface area contributed by atoms with Gasteiger partial charge in [0.2, 0.25) is 13.1 Å². The summed E-state index contributed by atoms with van der Waals surface area (Å²) in [6.07, 6.45) is 7.54. The highest BCUT2D eigenvalue weighted by Gasteiger charge is 2.04. The third kappa shape index (κ3) is 2.69. The molecule has 0 amide bonds. The monoisotopic (exact) mass is 236 g/mol. The highest BCUT2D eigenvalue weighted by molar-refractivity contribution is 5.60. The van der Waals surface area contributed by atoms with E-state index in [1.54, 1.807) is 0 Å². The van der Waals surface area contributed by atoms with E-state index in [2.05, 4.69) is 12.1 Å². The molecule has 0 fully saturated rings. The Balaban J connectivity index is 2.21. The first-order chi connectivity index (χ1) is 8.83. The van der Waals surface area contributed by atoms with Crippen molar-refractivity contribution in [3.63, 3.8) is 0 Å². The second-order valence-corrected chi connectivity index (χ2v) is 3.83. The Kier molecular flexibility index (Phi) is 3.63. The summed E-state index contributed by atoms with van der Waals surface area (Å²) in [7, 11) is 0. The maximum absolute atomic E-state index is 8.59. The van der Waals surface area contributed by atoms with Gasteiger partial charge in [-0.05, 0) is 11.1 Å². The molecule has 18 heavy (non-hydrogen) atoms. The number of hydrogen-bond acceptors (Lipinski definition) is 2. The Labute approximate surface area is 106 Å². The summed E-state index contributed by atoms with van der Waals surface area (Å²) in [5.41, 5.74) is 2.18. The van der Waals surface area contributed by atoms with Crippen molar-refractivity contribution >= 4 is 0 Å². The lowest BCUT2D eigenvalue weighted by molar-refractivity contribution is -0.685. The van der Waals surface area contributed by atoms with Gasteiger partial charge in [0.25, 0.3) is 0 Å². The van der Waals surface area contributed by atoms with Crippen LogP contribution < -0.4 is 9.13 Å². The largest absolute Gasteiger partial charge is 0.233 e. The Hall–Kier alpha value is -2.72. The van der Waals surface area contributed by atoms with Gasteiger partial charge in [0.05, 0.1) is 0 Å². The van der Waals surface area contributed by atoms with Gasteiger partial charge in [0, 0.05) is 24.3 Å². The molecule has 2 aromatic heterocycles. The van der Waals surface area contributed by atoms with Crippen LogP contribution in [0.25, 0.3) is 11.1 Å². The first kappa shape index (κ1) is 11.8. The van der Waals surface area contributed by atoms with Gasteiger partial charge in [-0.2, -0.15) is 19.7 Å². The molecule has 86 valence electrons. The van der Waals surface area contributed by atoms with E-state index in [0.717, 1.165) is 11.1 Å². The van der Waals surface area contributed by atoms with E-state index in [1.165, 1.54) is 0 Å². The van der Waals surface area contributed by atoms with Crippen LogP contribution in [0.1, 0.15) is 0 Å². The van der Waals surface area contributed by atoms with Crippen LogP contribution >= 0.6 is 0 Å². The van der Waals surface area contributed by atoms with Crippen molar-refractivity contribution in [2.75, 3.05) is 0 Å². The summed E-state index contributed by atoms with van der Waals surface area (Å²) in [6.45, 7) is 0.717. The fraction of sp³-hybridized carbons (Fsp3) is 0.143. The van der Waals surface area contributed by atoms with Gasteiger partial charge in [0.15, 0.2) is 24.8 Å². The molecule has 2 rings (SSSR count). The lowest BCUT2D eigenvalue weighted by atomic mass is 10.1. The van der Waals surface area contributed by atoms with E-state index >= 15 is 0 Å². The van der Waals surface area contributed by atoms with Crippen molar-refractivity contribution in [1.82, 2.24) is 0 Å². The highest BCUT2D eigenvalue weighted by atomic mass is 14.9. The third-order valence-corrected chi connectivity index (χ3v) is 2.62. The zero-order chi connectivity index (χ0) is 12.8. The van der Waals surface area contributed by atoms with Crippen LogP contribution in [0.5, 0.6) is 0 Å². The molecule has 0 aliphatic carbocycles. The molecule has 4 heteroatoms. The normalized spacial score (nSPS) is 9.44. The predicted octanol–water partition coefficient (Wildman–Crippen LogP) is 0.976. The fourth-order valence-electron chi connectivity index (χ4n) is 1.67. The number of hydrogen-bond donors (Lipinski definition) is 0. The molecule has 0 spiro atoms. The average Bonchev–Trinajstić information content (AvgIpc) is 2.41. The lowest BCUT2D eigenvalue weighted by Gasteiger charge is -1.98. The zero-order valence-corrected chi connectivity index (χ0v) is 9.82. The van der Waals surface area contributed by atoms with Crippen LogP contribution in [0.3, 0.4) is 0 Å². The van der Waals surface area contributed by atoms with Crippen molar-refractivity contribution in [2.45, 2.75) is 13.1 Å². The molecule has 0 saturated carbocycles. The third-order valence-electron chi connectivity index (χ3n) is 2.62. The SMILES string of the molecule is N#CC[n+]1ccc(-c2cc[n+](CC#N)cc2)cc1. The van der Waals surface area contributed by atoms with E-state index in [0.29, 0.717) is 13.1 Å². The minimum atomic E-state index is 0.358. The number of rotatable bonds is 3. The first-order valence-electron chi connectivity index (χ1n) is 5.56. The Morgan fingerprint density at radius 1 is 0.722 bits per heavy atom. The molecule has 0 aromatic carbocycles. The maximum atomic E-state index is 8.59. The Morgan fingerprint density at radius 3 is 1.33 bits per heavy atom. The van der Waals surface area contributed by atoms with Gasteiger partial charge in [0.1, 0.15) is 12.1 Å². The summed E-state index contributed by atoms with van der Waals surface area (Å²) in [6, 6.07) is 12.1. The number of aromatic nitrogens is 2. The summed E-state index contributed by atoms with van der Waals surface area (Å²) in [5, 5.41) is 17.2. The van der Waals surface area contributed by atoms with Crippen molar-refractivity contribution in [1.29, 1.82) is 10.5 Å². The molecule has 4 nitrogen and oxygen atoms in total. The second kappa shape index (κ2) is 5.56. The summed E-state index contributed by atoms with van der Waals surface area (Å²) in [5.74, 6) is 0. The molecule has 0 N–H and O–H groups in total.